The molecule has 0 spiro atoms. The minimum Gasteiger partial charge on any atom is -0.334 e. The van der Waals surface area contributed by atoms with E-state index in [4.69, 9.17) is 23.2 Å². The zero-order valence-corrected chi connectivity index (χ0v) is 14.6. The number of hydrogen-bond acceptors (Lipinski definition) is 2. The number of aromatic nitrogens is 2. The predicted octanol–water partition coefficient (Wildman–Crippen LogP) is 7.06. The second-order valence-corrected chi connectivity index (χ2v) is 7.05. The largest absolute Gasteiger partial charge is 0.449 e. The maximum absolute atomic E-state index is 12.9. The van der Waals surface area contributed by atoms with Crippen molar-refractivity contribution in [2.24, 2.45) is 0 Å². The summed E-state index contributed by atoms with van der Waals surface area (Å²) in [6, 6.07) is 5.81. The summed E-state index contributed by atoms with van der Waals surface area (Å²) in [7, 11) is 0. The van der Waals surface area contributed by atoms with Crippen LogP contribution in [0, 0.1) is 0 Å². The number of H-pyrrole nitrogens is 1. The number of nitrogens with one attached hydrogen (secondary N) is 1. The van der Waals surface area contributed by atoms with Crippen LogP contribution < -0.4 is 0 Å². The Hall–Kier alpha value is -1.58. The number of rotatable bonds is 2. The molecule has 2 nitrogen and oxygen atoms in total. The summed E-state index contributed by atoms with van der Waals surface area (Å²) in [6.07, 6.45) is -9.29. The molecule has 0 aliphatic carbocycles. The van der Waals surface area contributed by atoms with Crippen LogP contribution in [0.1, 0.15) is 11.4 Å². The molecule has 0 aliphatic rings. The first-order valence-electron chi connectivity index (χ1n) is 6.76. The molecule has 0 bridgehead atoms. The Morgan fingerprint density at radius 2 is 1.58 bits per heavy atom. The van der Waals surface area contributed by atoms with Gasteiger partial charge >= 0.3 is 12.4 Å². The van der Waals surface area contributed by atoms with Crippen LogP contribution in [0.3, 0.4) is 0 Å². The number of alkyl halides is 6. The fraction of sp³-hybridized carbons (Fsp3) is 0.133. The van der Waals surface area contributed by atoms with E-state index in [0.717, 1.165) is 23.9 Å². The Labute approximate surface area is 156 Å². The van der Waals surface area contributed by atoms with E-state index in [1.54, 1.807) is 0 Å². The Morgan fingerprint density at radius 1 is 0.885 bits per heavy atom. The molecule has 1 N–H and O–H groups in total. The lowest BCUT2D eigenvalue weighted by Gasteiger charge is -2.11. The summed E-state index contributed by atoms with van der Waals surface area (Å²) < 4.78 is 76.9. The molecule has 3 aromatic rings. The van der Waals surface area contributed by atoms with Gasteiger partial charge in [-0.15, -0.1) is 0 Å². The van der Waals surface area contributed by atoms with E-state index in [0.29, 0.717) is 0 Å². The molecule has 1 aromatic heterocycles. The van der Waals surface area contributed by atoms with Crippen molar-refractivity contribution in [3.05, 3.63) is 51.8 Å². The third-order valence-corrected chi connectivity index (χ3v) is 5.08. The van der Waals surface area contributed by atoms with Crippen molar-refractivity contribution < 1.29 is 26.3 Å². The third-order valence-electron chi connectivity index (χ3n) is 3.28. The van der Waals surface area contributed by atoms with Gasteiger partial charge in [-0.2, -0.15) is 26.3 Å². The molecule has 0 saturated heterocycles. The van der Waals surface area contributed by atoms with Crippen LogP contribution >= 0.6 is 35.0 Å². The highest BCUT2D eigenvalue weighted by Gasteiger charge is 2.35. The molecule has 0 aliphatic heterocycles. The van der Waals surface area contributed by atoms with Gasteiger partial charge in [0.2, 0.25) is 5.82 Å². The molecular weight excluding hydrogens is 425 g/mol. The number of benzene rings is 2. The number of fused-ring (bicyclic) bond motifs is 1. The summed E-state index contributed by atoms with van der Waals surface area (Å²) in [5.41, 5.74) is -0.950. The van der Waals surface area contributed by atoms with Gasteiger partial charge in [-0.3, -0.25) is 0 Å². The number of hydrogen-bond donors (Lipinski definition) is 1. The van der Waals surface area contributed by atoms with Gasteiger partial charge in [0.1, 0.15) is 0 Å². The smallest absolute Gasteiger partial charge is 0.334 e. The molecule has 26 heavy (non-hydrogen) atoms. The average molecular weight is 431 g/mol. The molecule has 0 radical (unpaired) electrons. The lowest BCUT2D eigenvalue weighted by Crippen LogP contribution is -2.06. The molecular formula is C15H6Cl2F6N2S. The normalized spacial score (nSPS) is 12.8. The predicted molar refractivity (Wildman–Crippen MR) is 86.7 cm³/mol. The Bertz CT molecular complexity index is 981. The van der Waals surface area contributed by atoms with Gasteiger partial charge in [-0.05, 0) is 30.3 Å². The van der Waals surface area contributed by atoms with E-state index in [1.807, 2.05) is 0 Å². The quantitative estimate of drug-likeness (QED) is 0.440. The SMILES string of the molecule is FC(F)(F)c1nc2cc(Sc3ccc(Cl)c(C(F)(F)F)c3)c(Cl)cc2[nH]1. The minimum atomic E-state index is -4.66. The topological polar surface area (TPSA) is 28.7 Å². The second kappa shape index (κ2) is 6.54. The van der Waals surface area contributed by atoms with Crippen LogP contribution in [0.25, 0.3) is 11.0 Å². The first-order chi connectivity index (χ1) is 11.9. The van der Waals surface area contributed by atoms with Crippen molar-refractivity contribution in [2.75, 3.05) is 0 Å². The van der Waals surface area contributed by atoms with Crippen LogP contribution in [0.5, 0.6) is 0 Å². The van der Waals surface area contributed by atoms with Crippen molar-refractivity contribution in [1.82, 2.24) is 9.97 Å². The van der Waals surface area contributed by atoms with Gasteiger partial charge < -0.3 is 4.98 Å². The minimum absolute atomic E-state index is 0.00534. The fourth-order valence-electron chi connectivity index (χ4n) is 2.14. The van der Waals surface area contributed by atoms with Gasteiger partial charge in [0, 0.05) is 9.79 Å². The molecule has 0 saturated carbocycles. The fourth-order valence-corrected chi connectivity index (χ4v) is 3.53. The molecule has 2 aromatic carbocycles. The standard InChI is InChI=1S/C15H6Cl2F6N2S/c16-8-2-1-6(3-7(8)14(18,19)20)26-12-5-11-10(4-9(12)17)24-13(25-11)15(21,22)23/h1-5H,(H,24,25). The van der Waals surface area contributed by atoms with Gasteiger partial charge in [0.25, 0.3) is 0 Å². The van der Waals surface area contributed by atoms with Crippen molar-refractivity contribution in [1.29, 1.82) is 0 Å². The van der Waals surface area contributed by atoms with E-state index in [-0.39, 0.29) is 25.8 Å². The van der Waals surface area contributed by atoms with E-state index < -0.39 is 28.8 Å². The van der Waals surface area contributed by atoms with Gasteiger partial charge in [0.15, 0.2) is 0 Å². The molecule has 0 fully saturated rings. The number of aromatic amines is 1. The van der Waals surface area contributed by atoms with Crippen LogP contribution in [0.2, 0.25) is 10.0 Å². The number of nitrogens with zero attached hydrogens (tertiary/aromatic N) is 1. The van der Waals surface area contributed by atoms with E-state index in [2.05, 4.69) is 9.97 Å². The number of halogens is 8. The zero-order chi connectivity index (χ0) is 19.3. The molecule has 11 heteroatoms. The highest BCUT2D eigenvalue weighted by atomic mass is 35.5. The molecule has 0 atom stereocenters. The molecule has 3 rings (SSSR count). The van der Waals surface area contributed by atoms with Gasteiger partial charge in [0.05, 0.1) is 26.6 Å². The van der Waals surface area contributed by atoms with Crippen LogP contribution in [0.4, 0.5) is 26.3 Å². The summed E-state index contributed by atoms with van der Waals surface area (Å²) in [6.45, 7) is 0. The first-order valence-corrected chi connectivity index (χ1v) is 8.33. The highest BCUT2D eigenvalue weighted by Crippen LogP contribution is 2.41. The third kappa shape index (κ3) is 3.89. The molecule has 1 heterocycles. The monoisotopic (exact) mass is 430 g/mol. The molecule has 0 unspecified atom stereocenters. The second-order valence-electron chi connectivity index (χ2n) is 5.12. The first kappa shape index (κ1) is 19.2. The summed E-state index contributed by atoms with van der Waals surface area (Å²) >= 11 is 12.5. The van der Waals surface area contributed by atoms with Crippen molar-refractivity contribution in [3.8, 4) is 0 Å². The van der Waals surface area contributed by atoms with E-state index >= 15 is 0 Å². The maximum atomic E-state index is 12.9. The zero-order valence-electron chi connectivity index (χ0n) is 12.3. The summed E-state index contributed by atoms with van der Waals surface area (Å²) in [5, 5.41) is -0.381. The van der Waals surface area contributed by atoms with E-state index in [9.17, 15) is 26.3 Å². The summed E-state index contributed by atoms with van der Waals surface area (Å²) in [5.74, 6) is -1.18. The lowest BCUT2D eigenvalue weighted by molar-refractivity contribution is -0.144. The highest BCUT2D eigenvalue weighted by molar-refractivity contribution is 7.99. The Kier molecular flexibility index (Phi) is 4.83. The Morgan fingerprint density at radius 3 is 2.19 bits per heavy atom. The van der Waals surface area contributed by atoms with Crippen molar-refractivity contribution in [3.63, 3.8) is 0 Å². The van der Waals surface area contributed by atoms with Gasteiger partial charge in [-0.1, -0.05) is 35.0 Å². The van der Waals surface area contributed by atoms with Crippen LogP contribution in [-0.4, -0.2) is 9.97 Å². The molecule has 0 amide bonds. The Balaban J connectivity index is 2.00. The number of imidazole rings is 1. The van der Waals surface area contributed by atoms with E-state index in [1.165, 1.54) is 18.2 Å². The lowest BCUT2D eigenvalue weighted by atomic mass is 10.2. The van der Waals surface area contributed by atoms with Gasteiger partial charge in [-0.25, -0.2) is 4.98 Å². The maximum Gasteiger partial charge on any atom is 0.449 e. The van der Waals surface area contributed by atoms with Crippen LogP contribution in [0.15, 0.2) is 40.1 Å². The molecule has 138 valence electrons. The van der Waals surface area contributed by atoms with Crippen molar-refractivity contribution >= 4 is 46.0 Å². The average Bonchev–Trinajstić information content (AvgIpc) is 2.91. The van der Waals surface area contributed by atoms with Crippen LogP contribution in [-0.2, 0) is 12.4 Å². The van der Waals surface area contributed by atoms with Crippen molar-refractivity contribution in [2.45, 2.75) is 22.1 Å². The summed E-state index contributed by atoms with van der Waals surface area (Å²) in [4.78, 5) is 5.99.